The Kier molecular flexibility index (Phi) is 3.55. The number of hydrogen-bond acceptors (Lipinski definition) is 4. The first-order chi connectivity index (χ1) is 7.04. The summed E-state index contributed by atoms with van der Waals surface area (Å²) in [5.74, 6) is -0.161. The molecule has 0 aliphatic rings. The largest absolute Gasteiger partial charge is 0.507 e. The average molecular weight is 210 g/mol. The quantitative estimate of drug-likeness (QED) is 0.775. The minimum atomic E-state index is -0.554. The van der Waals surface area contributed by atoms with E-state index < -0.39 is 5.97 Å². The number of hydrogen-bond donors (Lipinski definition) is 1. The first-order valence-corrected chi connectivity index (χ1v) is 4.62. The normalized spacial score (nSPS) is 10.1. The molecule has 0 aliphatic carbocycles. The fraction of sp³-hybridized carbons (Fsp3) is 0.364. The van der Waals surface area contributed by atoms with Crippen molar-refractivity contribution in [3.05, 3.63) is 23.8 Å². The van der Waals surface area contributed by atoms with Crippen molar-refractivity contribution >= 4 is 5.97 Å². The van der Waals surface area contributed by atoms with E-state index in [1.807, 2.05) is 0 Å². The molecule has 0 amide bonds. The summed E-state index contributed by atoms with van der Waals surface area (Å²) in [7, 11) is 1.49. The zero-order valence-corrected chi connectivity index (χ0v) is 8.98. The Balaban J connectivity index is 2.96. The maximum Gasteiger partial charge on any atom is 0.342 e. The van der Waals surface area contributed by atoms with Crippen LogP contribution >= 0.6 is 0 Å². The SMILES string of the molecule is COc1ccc(O)c(C(=O)OC(C)C)c1. The number of rotatable bonds is 3. The third-order valence-corrected chi connectivity index (χ3v) is 1.77. The van der Waals surface area contributed by atoms with Crippen LogP contribution in [-0.4, -0.2) is 24.3 Å². The maximum atomic E-state index is 11.5. The van der Waals surface area contributed by atoms with Gasteiger partial charge in [0.25, 0.3) is 0 Å². The van der Waals surface area contributed by atoms with E-state index in [9.17, 15) is 9.90 Å². The van der Waals surface area contributed by atoms with Crippen LogP contribution < -0.4 is 4.74 Å². The van der Waals surface area contributed by atoms with Gasteiger partial charge >= 0.3 is 5.97 Å². The summed E-state index contributed by atoms with van der Waals surface area (Å²) in [6.45, 7) is 3.49. The molecule has 1 rings (SSSR count). The van der Waals surface area contributed by atoms with Crippen molar-refractivity contribution in [3.63, 3.8) is 0 Å². The van der Waals surface area contributed by atoms with E-state index >= 15 is 0 Å². The molecule has 0 aliphatic heterocycles. The van der Waals surface area contributed by atoms with E-state index in [0.29, 0.717) is 5.75 Å². The van der Waals surface area contributed by atoms with Crippen LogP contribution in [-0.2, 0) is 4.74 Å². The number of carbonyl (C=O) groups is 1. The van der Waals surface area contributed by atoms with Crippen LogP contribution in [0.15, 0.2) is 18.2 Å². The smallest absolute Gasteiger partial charge is 0.342 e. The molecule has 0 atom stereocenters. The van der Waals surface area contributed by atoms with Crippen LogP contribution in [0.4, 0.5) is 0 Å². The van der Waals surface area contributed by atoms with Crippen LogP contribution in [0.3, 0.4) is 0 Å². The summed E-state index contributed by atoms with van der Waals surface area (Å²) in [6, 6.07) is 4.41. The molecule has 1 aromatic rings. The maximum absolute atomic E-state index is 11.5. The Morgan fingerprint density at radius 2 is 2.07 bits per heavy atom. The van der Waals surface area contributed by atoms with E-state index in [2.05, 4.69) is 0 Å². The van der Waals surface area contributed by atoms with Crippen LogP contribution in [0, 0.1) is 0 Å². The summed E-state index contributed by atoms with van der Waals surface area (Å²) < 4.78 is 9.91. The summed E-state index contributed by atoms with van der Waals surface area (Å²) in [6.07, 6.45) is -0.219. The Morgan fingerprint density at radius 3 is 2.60 bits per heavy atom. The van der Waals surface area contributed by atoms with Crippen molar-refractivity contribution in [2.45, 2.75) is 20.0 Å². The van der Waals surface area contributed by atoms with E-state index in [0.717, 1.165) is 0 Å². The lowest BCUT2D eigenvalue weighted by molar-refractivity contribution is 0.0374. The van der Waals surface area contributed by atoms with Gasteiger partial charge in [-0.3, -0.25) is 0 Å². The molecule has 1 N–H and O–H groups in total. The number of phenols is 1. The second-order valence-electron chi connectivity index (χ2n) is 3.34. The van der Waals surface area contributed by atoms with E-state index in [1.165, 1.54) is 19.2 Å². The van der Waals surface area contributed by atoms with Gasteiger partial charge in [-0.15, -0.1) is 0 Å². The Hall–Kier alpha value is -1.71. The molecule has 0 radical (unpaired) electrons. The Labute approximate surface area is 88.4 Å². The molecule has 4 nitrogen and oxygen atoms in total. The number of ether oxygens (including phenoxy) is 2. The van der Waals surface area contributed by atoms with Crippen LogP contribution in [0.25, 0.3) is 0 Å². The monoisotopic (exact) mass is 210 g/mol. The van der Waals surface area contributed by atoms with Crippen molar-refractivity contribution in [2.75, 3.05) is 7.11 Å². The molecule has 4 heteroatoms. The predicted octanol–water partition coefficient (Wildman–Crippen LogP) is 1.97. The molecule has 0 aromatic heterocycles. The van der Waals surface area contributed by atoms with Crippen molar-refractivity contribution < 1.29 is 19.4 Å². The van der Waals surface area contributed by atoms with Crippen molar-refractivity contribution in [2.24, 2.45) is 0 Å². The molecule has 0 bridgehead atoms. The topological polar surface area (TPSA) is 55.8 Å². The minimum absolute atomic E-state index is 0.110. The first kappa shape index (κ1) is 11.4. The zero-order chi connectivity index (χ0) is 11.4. The van der Waals surface area contributed by atoms with Gasteiger partial charge in [0.1, 0.15) is 17.1 Å². The summed E-state index contributed by atoms with van der Waals surface area (Å²) in [4.78, 5) is 11.5. The molecular formula is C11H14O4. The highest BCUT2D eigenvalue weighted by atomic mass is 16.5. The molecule has 0 fully saturated rings. The van der Waals surface area contributed by atoms with Crippen molar-refractivity contribution in [1.29, 1.82) is 0 Å². The van der Waals surface area contributed by atoms with Gasteiger partial charge in [-0.2, -0.15) is 0 Å². The van der Waals surface area contributed by atoms with Gasteiger partial charge in [0, 0.05) is 0 Å². The Bertz CT molecular complexity index is 358. The third-order valence-electron chi connectivity index (χ3n) is 1.77. The third kappa shape index (κ3) is 2.87. The van der Waals surface area contributed by atoms with Gasteiger partial charge in [-0.25, -0.2) is 4.79 Å². The van der Waals surface area contributed by atoms with Crippen LogP contribution in [0.1, 0.15) is 24.2 Å². The number of benzene rings is 1. The van der Waals surface area contributed by atoms with Crippen LogP contribution in [0.2, 0.25) is 0 Å². The van der Waals surface area contributed by atoms with E-state index in [1.54, 1.807) is 19.9 Å². The Morgan fingerprint density at radius 1 is 1.40 bits per heavy atom. The fourth-order valence-electron chi connectivity index (χ4n) is 1.08. The van der Waals surface area contributed by atoms with Gasteiger partial charge in [-0.1, -0.05) is 0 Å². The lowest BCUT2D eigenvalue weighted by Gasteiger charge is -2.09. The molecule has 0 unspecified atom stereocenters. The standard InChI is InChI=1S/C11H14O4/c1-7(2)15-11(13)9-6-8(14-3)4-5-10(9)12/h4-7,12H,1-3H3. The predicted molar refractivity (Wildman–Crippen MR) is 55.2 cm³/mol. The van der Waals surface area contributed by atoms with Gasteiger partial charge < -0.3 is 14.6 Å². The lowest BCUT2D eigenvalue weighted by Crippen LogP contribution is -2.11. The molecule has 0 saturated heterocycles. The van der Waals surface area contributed by atoms with Gasteiger partial charge in [0.15, 0.2) is 0 Å². The summed E-state index contributed by atoms with van der Waals surface area (Å²) in [5, 5.41) is 9.46. The second kappa shape index (κ2) is 4.68. The number of aromatic hydroxyl groups is 1. The highest BCUT2D eigenvalue weighted by molar-refractivity contribution is 5.92. The first-order valence-electron chi connectivity index (χ1n) is 4.62. The van der Waals surface area contributed by atoms with Gasteiger partial charge in [-0.05, 0) is 32.0 Å². The van der Waals surface area contributed by atoms with E-state index in [4.69, 9.17) is 9.47 Å². The van der Waals surface area contributed by atoms with Crippen molar-refractivity contribution in [3.8, 4) is 11.5 Å². The molecule has 15 heavy (non-hydrogen) atoms. The van der Waals surface area contributed by atoms with Gasteiger partial charge in [0.05, 0.1) is 13.2 Å². The number of methoxy groups -OCH3 is 1. The molecule has 0 spiro atoms. The fourth-order valence-corrected chi connectivity index (χ4v) is 1.08. The summed E-state index contributed by atoms with van der Waals surface area (Å²) in [5.41, 5.74) is 0.114. The van der Waals surface area contributed by atoms with E-state index in [-0.39, 0.29) is 17.4 Å². The number of esters is 1. The highest BCUT2D eigenvalue weighted by Gasteiger charge is 2.14. The zero-order valence-electron chi connectivity index (χ0n) is 8.98. The lowest BCUT2D eigenvalue weighted by atomic mass is 10.2. The highest BCUT2D eigenvalue weighted by Crippen LogP contribution is 2.23. The molecule has 0 heterocycles. The van der Waals surface area contributed by atoms with Crippen LogP contribution in [0.5, 0.6) is 11.5 Å². The molecule has 82 valence electrons. The molecular weight excluding hydrogens is 196 g/mol. The number of phenolic OH excluding ortho intramolecular Hbond substituents is 1. The minimum Gasteiger partial charge on any atom is -0.507 e. The summed E-state index contributed by atoms with van der Waals surface area (Å²) >= 11 is 0. The second-order valence-corrected chi connectivity index (χ2v) is 3.34. The molecule has 0 saturated carbocycles. The average Bonchev–Trinajstić information content (AvgIpc) is 2.17. The molecule has 1 aromatic carbocycles. The van der Waals surface area contributed by atoms with Crippen molar-refractivity contribution in [1.82, 2.24) is 0 Å². The van der Waals surface area contributed by atoms with Gasteiger partial charge in [0.2, 0.25) is 0 Å². The number of carbonyl (C=O) groups excluding carboxylic acids is 1.